The Morgan fingerprint density at radius 1 is 1.47 bits per heavy atom. The van der Waals surface area contributed by atoms with E-state index in [1.165, 1.54) is 32.4 Å². The fourth-order valence-corrected chi connectivity index (χ4v) is 2.91. The molecule has 0 amide bonds. The zero-order valence-corrected chi connectivity index (χ0v) is 10.0. The monoisotopic (exact) mass is 212 g/mol. The van der Waals surface area contributed by atoms with Gasteiger partial charge in [-0.05, 0) is 26.2 Å². The first-order valence-corrected chi connectivity index (χ1v) is 6.39. The van der Waals surface area contributed by atoms with E-state index in [1.807, 2.05) is 0 Å². The van der Waals surface area contributed by atoms with Crippen molar-refractivity contribution in [3.8, 4) is 0 Å². The highest BCUT2D eigenvalue weighted by atomic mass is 16.5. The van der Waals surface area contributed by atoms with Crippen molar-refractivity contribution < 1.29 is 4.74 Å². The van der Waals surface area contributed by atoms with E-state index >= 15 is 0 Å². The molecule has 3 nitrogen and oxygen atoms in total. The molecule has 15 heavy (non-hydrogen) atoms. The van der Waals surface area contributed by atoms with E-state index in [4.69, 9.17) is 4.74 Å². The van der Waals surface area contributed by atoms with Crippen molar-refractivity contribution in [1.29, 1.82) is 0 Å². The van der Waals surface area contributed by atoms with Crippen LogP contribution in [0.3, 0.4) is 0 Å². The third-order valence-corrected chi connectivity index (χ3v) is 3.79. The van der Waals surface area contributed by atoms with Crippen molar-refractivity contribution in [1.82, 2.24) is 10.2 Å². The molecule has 2 aliphatic heterocycles. The molecule has 3 atom stereocenters. The molecular weight excluding hydrogens is 188 g/mol. The van der Waals surface area contributed by atoms with Gasteiger partial charge in [-0.15, -0.1) is 0 Å². The second-order valence-electron chi connectivity index (χ2n) is 4.86. The molecule has 1 N–H and O–H groups in total. The van der Waals surface area contributed by atoms with Crippen LogP contribution in [0.15, 0.2) is 0 Å². The molecule has 0 bridgehead atoms. The van der Waals surface area contributed by atoms with Crippen molar-refractivity contribution in [2.24, 2.45) is 0 Å². The lowest BCUT2D eigenvalue weighted by Crippen LogP contribution is -2.56. The van der Waals surface area contributed by atoms with Crippen LogP contribution < -0.4 is 5.32 Å². The zero-order chi connectivity index (χ0) is 10.7. The molecule has 0 radical (unpaired) electrons. The lowest BCUT2D eigenvalue weighted by molar-refractivity contribution is -0.0330. The quantitative estimate of drug-likeness (QED) is 0.745. The second kappa shape index (κ2) is 5.28. The van der Waals surface area contributed by atoms with Crippen LogP contribution in [-0.4, -0.2) is 49.3 Å². The summed E-state index contributed by atoms with van der Waals surface area (Å²) in [5.41, 5.74) is 0. The number of hydrogen-bond donors (Lipinski definition) is 1. The summed E-state index contributed by atoms with van der Waals surface area (Å²) in [7, 11) is 0. The van der Waals surface area contributed by atoms with Crippen molar-refractivity contribution in [2.45, 2.75) is 51.3 Å². The lowest BCUT2D eigenvalue weighted by Gasteiger charge is -2.44. The van der Waals surface area contributed by atoms with Gasteiger partial charge in [-0.3, -0.25) is 4.90 Å². The molecule has 2 saturated heterocycles. The van der Waals surface area contributed by atoms with Gasteiger partial charge < -0.3 is 10.1 Å². The fourth-order valence-electron chi connectivity index (χ4n) is 2.91. The maximum atomic E-state index is 5.63. The Morgan fingerprint density at radius 3 is 3.07 bits per heavy atom. The summed E-state index contributed by atoms with van der Waals surface area (Å²) in [5, 5.41) is 3.49. The Balaban J connectivity index is 1.94. The van der Waals surface area contributed by atoms with Gasteiger partial charge >= 0.3 is 0 Å². The van der Waals surface area contributed by atoms with Gasteiger partial charge in [-0.1, -0.05) is 6.92 Å². The second-order valence-corrected chi connectivity index (χ2v) is 4.86. The van der Waals surface area contributed by atoms with Crippen LogP contribution in [0.2, 0.25) is 0 Å². The minimum absolute atomic E-state index is 0.455. The summed E-state index contributed by atoms with van der Waals surface area (Å²) in [5.74, 6) is 0. The van der Waals surface area contributed by atoms with E-state index in [0.717, 1.165) is 25.2 Å². The Labute approximate surface area is 93.2 Å². The number of piperazine rings is 1. The molecular formula is C12H24N2O. The van der Waals surface area contributed by atoms with Crippen molar-refractivity contribution >= 4 is 0 Å². The fraction of sp³-hybridized carbons (Fsp3) is 1.00. The number of nitrogens with zero attached hydrogens (tertiary/aromatic N) is 1. The van der Waals surface area contributed by atoms with E-state index in [1.54, 1.807) is 0 Å². The number of hydrogen-bond acceptors (Lipinski definition) is 3. The summed E-state index contributed by atoms with van der Waals surface area (Å²) >= 11 is 0. The Bertz CT molecular complexity index is 198. The highest BCUT2D eigenvalue weighted by Crippen LogP contribution is 2.22. The molecule has 0 aromatic rings. The van der Waals surface area contributed by atoms with Crippen LogP contribution in [0, 0.1) is 0 Å². The average molecular weight is 212 g/mol. The van der Waals surface area contributed by atoms with Crippen molar-refractivity contribution in [2.75, 3.05) is 26.2 Å². The largest absolute Gasteiger partial charge is 0.378 e. The smallest absolute Gasteiger partial charge is 0.0561 e. The van der Waals surface area contributed by atoms with Crippen LogP contribution >= 0.6 is 0 Å². The highest BCUT2D eigenvalue weighted by Gasteiger charge is 2.30. The summed E-state index contributed by atoms with van der Waals surface area (Å²) in [6.07, 6.45) is 4.16. The SMILES string of the molecule is CCC1CNCCN1C1CCOC(C)C1. The van der Waals surface area contributed by atoms with Crippen molar-refractivity contribution in [3.05, 3.63) is 0 Å². The van der Waals surface area contributed by atoms with Crippen LogP contribution in [0.25, 0.3) is 0 Å². The van der Waals surface area contributed by atoms with E-state index < -0.39 is 0 Å². The summed E-state index contributed by atoms with van der Waals surface area (Å²) in [6.45, 7) is 9.00. The van der Waals surface area contributed by atoms with Crippen LogP contribution in [0.5, 0.6) is 0 Å². The van der Waals surface area contributed by atoms with E-state index in [-0.39, 0.29) is 0 Å². The minimum atomic E-state index is 0.455. The van der Waals surface area contributed by atoms with Gasteiger partial charge in [0.15, 0.2) is 0 Å². The van der Waals surface area contributed by atoms with Gasteiger partial charge in [-0.25, -0.2) is 0 Å². The highest BCUT2D eigenvalue weighted by molar-refractivity contribution is 4.86. The molecule has 0 aromatic heterocycles. The number of rotatable bonds is 2. The first-order valence-electron chi connectivity index (χ1n) is 6.39. The lowest BCUT2D eigenvalue weighted by atomic mass is 9.98. The van der Waals surface area contributed by atoms with Gasteiger partial charge in [0, 0.05) is 38.3 Å². The standard InChI is InChI=1S/C12H24N2O/c1-3-11-9-13-5-6-14(11)12-4-7-15-10(2)8-12/h10-13H,3-9H2,1-2H3. The molecule has 3 unspecified atom stereocenters. The predicted octanol–water partition coefficient (Wildman–Crippen LogP) is 1.24. The molecule has 2 fully saturated rings. The normalized spacial score (nSPS) is 39.2. The Hall–Kier alpha value is -0.120. The summed E-state index contributed by atoms with van der Waals surface area (Å²) in [6, 6.07) is 1.51. The third-order valence-electron chi connectivity index (χ3n) is 3.79. The van der Waals surface area contributed by atoms with Crippen LogP contribution in [-0.2, 0) is 4.74 Å². The first-order chi connectivity index (χ1) is 7.31. The number of ether oxygens (including phenoxy) is 1. The van der Waals surface area contributed by atoms with Gasteiger partial charge in [0.2, 0.25) is 0 Å². The maximum absolute atomic E-state index is 5.63. The number of nitrogens with one attached hydrogen (secondary N) is 1. The van der Waals surface area contributed by atoms with E-state index in [9.17, 15) is 0 Å². The topological polar surface area (TPSA) is 24.5 Å². The Morgan fingerprint density at radius 2 is 2.33 bits per heavy atom. The maximum Gasteiger partial charge on any atom is 0.0561 e. The summed E-state index contributed by atoms with van der Waals surface area (Å²) in [4.78, 5) is 2.72. The predicted molar refractivity (Wildman–Crippen MR) is 62.1 cm³/mol. The van der Waals surface area contributed by atoms with Gasteiger partial charge in [0.05, 0.1) is 6.10 Å². The van der Waals surface area contributed by atoms with E-state index in [2.05, 4.69) is 24.1 Å². The molecule has 3 heteroatoms. The van der Waals surface area contributed by atoms with E-state index in [0.29, 0.717) is 6.10 Å². The minimum Gasteiger partial charge on any atom is -0.378 e. The van der Waals surface area contributed by atoms with Gasteiger partial charge in [0.1, 0.15) is 0 Å². The molecule has 2 heterocycles. The molecule has 2 aliphatic rings. The Kier molecular flexibility index (Phi) is 4.00. The molecule has 0 aliphatic carbocycles. The first kappa shape index (κ1) is 11.4. The molecule has 0 aromatic carbocycles. The summed E-state index contributed by atoms with van der Waals surface area (Å²) < 4.78 is 5.63. The van der Waals surface area contributed by atoms with Gasteiger partial charge in [-0.2, -0.15) is 0 Å². The van der Waals surface area contributed by atoms with Gasteiger partial charge in [0.25, 0.3) is 0 Å². The van der Waals surface area contributed by atoms with Crippen molar-refractivity contribution in [3.63, 3.8) is 0 Å². The third kappa shape index (κ3) is 2.71. The average Bonchev–Trinajstić information content (AvgIpc) is 2.29. The molecule has 2 rings (SSSR count). The zero-order valence-electron chi connectivity index (χ0n) is 10.0. The van der Waals surface area contributed by atoms with Crippen LogP contribution in [0.4, 0.5) is 0 Å². The molecule has 0 saturated carbocycles. The molecule has 88 valence electrons. The van der Waals surface area contributed by atoms with Crippen LogP contribution in [0.1, 0.15) is 33.1 Å². The molecule has 0 spiro atoms.